The van der Waals surface area contributed by atoms with E-state index in [0.29, 0.717) is 0 Å². The SMILES string of the molecule is CCSCCNc1ccc(Cc2ccc(N)cc2)cc1. The lowest BCUT2D eigenvalue weighted by Gasteiger charge is -2.07. The van der Waals surface area contributed by atoms with Crippen LogP contribution in [-0.2, 0) is 6.42 Å². The van der Waals surface area contributed by atoms with Gasteiger partial charge in [-0.3, -0.25) is 0 Å². The van der Waals surface area contributed by atoms with Crippen molar-refractivity contribution in [1.82, 2.24) is 0 Å². The molecule has 0 unspecified atom stereocenters. The first-order valence-electron chi connectivity index (χ1n) is 7.03. The van der Waals surface area contributed by atoms with E-state index in [-0.39, 0.29) is 0 Å². The minimum atomic E-state index is 0.818. The summed E-state index contributed by atoms with van der Waals surface area (Å²) < 4.78 is 0. The van der Waals surface area contributed by atoms with Crippen LogP contribution in [0.15, 0.2) is 48.5 Å². The first-order valence-corrected chi connectivity index (χ1v) is 8.18. The summed E-state index contributed by atoms with van der Waals surface area (Å²) in [5.74, 6) is 2.34. The maximum atomic E-state index is 5.70. The summed E-state index contributed by atoms with van der Waals surface area (Å²) in [6.45, 7) is 3.21. The Balaban J connectivity index is 1.86. The number of nitrogen functional groups attached to an aromatic ring is 1. The van der Waals surface area contributed by atoms with Gasteiger partial charge in [-0.05, 0) is 47.6 Å². The monoisotopic (exact) mass is 286 g/mol. The third-order valence-electron chi connectivity index (χ3n) is 3.12. The number of rotatable bonds is 7. The lowest BCUT2D eigenvalue weighted by Crippen LogP contribution is -2.04. The Labute approximate surface area is 125 Å². The fourth-order valence-corrected chi connectivity index (χ4v) is 2.56. The van der Waals surface area contributed by atoms with Gasteiger partial charge < -0.3 is 11.1 Å². The first-order chi connectivity index (χ1) is 9.78. The van der Waals surface area contributed by atoms with E-state index in [9.17, 15) is 0 Å². The Morgan fingerprint density at radius 2 is 1.55 bits per heavy atom. The van der Waals surface area contributed by atoms with E-state index < -0.39 is 0 Å². The highest BCUT2D eigenvalue weighted by molar-refractivity contribution is 7.99. The minimum Gasteiger partial charge on any atom is -0.399 e. The fraction of sp³-hybridized carbons (Fsp3) is 0.294. The molecule has 0 aliphatic heterocycles. The molecule has 2 aromatic rings. The molecule has 0 bridgehead atoms. The minimum absolute atomic E-state index is 0.818. The van der Waals surface area contributed by atoms with Crippen molar-refractivity contribution < 1.29 is 0 Å². The molecular formula is C17H22N2S. The van der Waals surface area contributed by atoms with Gasteiger partial charge in [0.1, 0.15) is 0 Å². The molecule has 0 atom stereocenters. The van der Waals surface area contributed by atoms with Crippen LogP contribution in [0.1, 0.15) is 18.1 Å². The largest absolute Gasteiger partial charge is 0.399 e. The Bertz CT molecular complexity index is 506. The van der Waals surface area contributed by atoms with Crippen LogP contribution in [0.2, 0.25) is 0 Å². The van der Waals surface area contributed by atoms with Gasteiger partial charge in [0.2, 0.25) is 0 Å². The van der Waals surface area contributed by atoms with Crippen LogP contribution >= 0.6 is 11.8 Å². The van der Waals surface area contributed by atoms with Crippen molar-refractivity contribution in [2.45, 2.75) is 13.3 Å². The molecule has 20 heavy (non-hydrogen) atoms. The number of hydrogen-bond acceptors (Lipinski definition) is 3. The number of nitrogens with one attached hydrogen (secondary N) is 1. The highest BCUT2D eigenvalue weighted by atomic mass is 32.2. The van der Waals surface area contributed by atoms with Gasteiger partial charge in [0, 0.05) is 23.7 Å². The van der Waals surface area contributed by atoms with Gasteiger partial charge in [0.25, 0.3) is 0 Å². The van der Waals surface area contributed by atoms with Crippen LogP contribution in [0.3, 0.4) is 0 Å². The van der Waals surface area contributed by atoms with Crippen molar-refractivity contribution in [1.29, 1.82) is 0 Å². The Hall–Kier alpha value is -1.61. The average molecular weight is 286 g/mol. The molecule has 0 aromatic heterocycles. The normalized spacial score (nSPS) is 10.4. The summed E-state index contributed by atoms with van der Waals surface area (Å²) in [5, 5.41) is 3.44. The molecule has 3 N–H and O–H groups in total. The number of hydrogen-bond donors (Lipinski definition) is 2. The zero-order chi connectivity index (χ0) is 14.2. The lowest BCUT2D eigenvalue weighted by molar-refractivity contribution is 1.18. The summed E-state index contributed by atoms with van der Waals surface area (Å²) >= 11 is 1.96. The fourth-order valence-electron chi connectivity index (χ4n) is 2.02. The lowest BCUT2D eigenvalue weighted by atomic mass is 10.0. The number of nitrogens with two attached hydrogens (primary N) is 1. The summed E-state index contributed by atoms with van der Waals surface area (Å²) in [6, 6.07) is 16.8. The molecule has 106 valence electrons. The second-order valence-corrected chi connectivity index (χ2v) is 6.13. The summed E-state index contributed by atoms with van der Waals surface area (Å²) in [5.41, 5.74) is 10.3. The number of benzene rings is 2. The average Bonchev–Trinajstić information content (AvgIpc) is 2.48. The van der Waals surface area contributed by atoms with Crippen LogP contribution in [0.5, 0.6) is 0 Å². The first kappa shape index (κ1) is 14.8. The molecule has 0 radical (unpaired) electrons. The third-order valence-corrected chi connectivity index (χ3v) is 4.02. The molecular weight excluding hydrogens is 264 g/mol. The van der Waals surface area contributed by atoms with Crippen molar-refractivity contribution in [3.8, 4) is 0 Å². The molecule has 0 fully saturated rings. The van der Waals surface area contributed by atoms with Crippen molar-refractivity contribution >= 4 is 23.1 Å². The van der Waals surface area contributed by atoms with Crippen molar-refractivity contribution in [3.05, 3.63) is 59.7 Å². The number of thioether (sulfide) groups is 1. The van der Waals surface area contributed by atoms with Crippen LogP contribution in [0, 0.1) is 0 Å². The van der Waals surface area contributed by atoms with Gasteiger partial charge in [-0.2, -0.15) is 11.8 Å². The Morgan fingerprint density at radius 1 is 0.950 bits per heavy atom. The van der Waals surface area contributed by atoms with Crippen LogP contribution in [0.25, 0.3) is 0 Å². The second kappa shape index (κ2) is 7.85. The predicted octanol–water partition coefficient (Wildman–Crippen LogP) is 4.02. The van der Waals surface area contributed by atoms with E-state index in [1.165, 1.54) is 22.6 Å². The van der Waals surface area contributed by atoms with Crippen molar-refractivity contribution in [2.75, 3.05) is 29.1 Å². The van der Waals surface area contributed by atoms with Gasteiger partial charge in [0.05, 0.1) is 0 Å². The molecule has 2 nitrogen and oxygen atoms in total. The quantitative estimate of drug-likeness (QED) is 0.596. The van der Waals surface area contributed by atoms with E-state index in [4.69, 9.17) is 5.73 Å². The van der Waals surface area contributed by atoms with Gasteiger partial charge in [-0.15, -0.1) is 0 Å². The molecule has 0 aliphatic carbocycles. The molecule has 2 aromatic carbocycles. The molecule has 2 rings (SSSR count). The molecule has 0 saturated heterocycles. The predicted molar refractivity (Wildman–Crippen MR) is 91.6 cm³/mol. The van der Waals surface area contributed by atoms with Gasteiger partial charge in [0.15, 0.2) is 0 Å². The standard InChI is InChI=1S/C17H22N2S/c1-2-20-12-11-19-17-9-5-15(6-10-17)13-14-3-7-16(18)8-4-14/h3-10,19H,2,11-13,18H2,1H3. The highest BCUT2D eigenvalue weighted by Gasteiger charge is 1.97. The third kappa shape index (κ3) is 4.82. The molecule has 0 saturated carbocycles. The van der Waals surface area contributed by atoms with E-state index in [1.54, 1.807) is 0 Å². The van der Waals surface area contributed by atoms with E-state index >= 15 is 0 Å². The zero-order valence-electron chi connectivity index (χ0n) is 11.9. The molecule has 0 heterocycles. The Morgan fingerprint density at radius 3 is 2.15 bits per heavy atom. The summed E-state index contributed by atoms with van der Waals surface area (Å²) in [7, 11) is 0. The highest BCUT2D eigenvalue weighted by Crippen LogP contribution is 2.15. The zero-order valence-corrected chi connectivity index (χ0v) is 12.7. The Kier molecular flexibility index (Phi) is 5.81. The van der Waals surface area contributed by atoms with E-state index in [0.717, 1.165) is 24.4 Å². The van der Waals surface area contributed by atoms with E-state index in [2.05, 4.69) is 48.6 Å². The number of anilines is 2. The second-order valence-electron chi connectivity index (χ2n) is 4.74. The molecule has 3 heteroatoms. The molecule has 0 spiro atoms. The molecule has 0 amide bonds. The van der Waals surface area contributed by atoms with Gasteiger partial charge in [-0.25, -0.2) is 0 Å². The van der Waals surface area contributed by atoms with Crippen LogP contribution in [-0.4, -0.2) is 18.1 Å². The molecule has 0 aliphatic rings. The maximum absolute atomic E-state index is 5.70. The van der Waals surface area contributed by atoms with Crippen LogP contribution < -0.4 is 11.1 Å². The van der Waals surface area contributed by atoms with Gasteiger partial charge in [-0.1, -0.05) is 31.2 Å². The topological polar surface area (TPSA) is 38.0 Å². The summed E-state index contributed by atoms with van der Waals surface area (Å²) in [4.78, 5) is 0. The summed E-state index contributed by atoms with van der Waals surface area (Å²) in [6.07, 6.45) is 0.951. The van der Waals surface area contributed by atoms with Gasteiger partial charge >= 0.3 is 0 Å². The van der Waals surface area contributed by atoms with E-state index in [1.807, 2.05) is 23.9 Å². The van der Waals surface area contributed by atoms with Crippen molar-refractivity contribution in [2.24, 2.45) is 0 Å². The van der Waals surface area contributed by atoms with Crippen LogP contribution in [0.4, 0.5) is 11.4 Å². The maximum Gasteiger partial charge on any atom is 0.0340 e. The smallest absolute Gasteiger partial charge is 0.0340 e. The van der Waals surface area contributed by atoms with Crippen molar-refractivity contribution in [3.63, 3.8) is 0 Å².